The molecule has 5 nitrogen and oxygen atoms in total. The van der Waals surface area contributed by atoms with E-state index in [2.05, 4.69) is 10.3 Å². The van der Waals surface area contributed by atoms with Crippen LogP contribution in [0.1, 0.15) is 10.4 Å². The Bertz CT molecular complexity index is 1190. The second-order valence-corrected chi connectivity index (χ2v) is 6.82. The maximum absolute atomic E-state index is 12.5. The third-order valence-electron chi connectivity index (χ3n) is 4.16. The number of nitrogens with one attached hydrogen (secondary N) is 1. The van der Waals surface area contributed by atoms with Gasteiger partial charge in [-0.15, -0.1) is 0 Å². The number of carbonyl (C=O) groups is 1. The summed E-state index contributed by atoms with van der Waals surface area (Å²) >= 11 is 12.4. The monoisotopic (exact) mass is 412 g/mol. The average Bonchev–Trinajstić information content (AvgIpc) is 3.10. The van der Waals surface area contributed by atoms with E-state index >= 15 is 0 Å². The minimum Gasteiger partial charge on any atom is -0.496 e. The molecule has 0 aliphatic carbocycles. The number of nitrogens with zero attached hydrogens (tertiary/aromatic N) is 1. The van der Waals surface area contributed by atoms with Gasteiger partial charge in [-0.25, -0.2) is 4.98 Å². The fourth-order valence-corrected chi connectivity index (χ4v) is 3.24. The van der Waals surface area contributed by atoms with E-state index in [-0.39, 0.29) is 5.91 Å². The van der Waals surface area contributed by atoms with Crippen LogP contribution in [0.4, 0.5) is 5.69 Å². The number of para-hydroxylation sites is 1. The maximum atomic E-state index is 12.5. The minimum absolute atomic E-state index is 0.294. The number of fused-ring (bicyclic) bond motifs is 1. The highest BCUT2D eigenvalue weighted by Gasteiger charge is 2.15. The Kier molecular flexibility index (Phi) is 4.94. The zero-order chi connectivity index (χ0) is 19.7. The number of halogens is 2. The van der Waals surface area contributed by atoms with Crippen LogP contribution < -0.4 is 10.1 Å². The molecule has 0 aliphatic rings. The molecule has 0 unspecified atom stereocenters. The highest BCUT2D eigenvalue weighted by Crippen LogP contribution is 2.33. The van der Waals surface area contributed by atoms with Crippen molar-refractivity contribution in [1.82, 2.24) is 4.98 Å². The zero-order valence-electron chi connectivity index (χ0n) is 14.7. The minimum atomic E-state index is -0.294. The highest BCUT2D eigenvalue weighted by molar-refractivity contribution is 6.33. The van der Waals surface area contributed by atoms with E-state index in [0.29, 0.717) is 49.6 Å². The Balaban J connectivity index is 1.61. The first-order chi connectivity index (χ1) is 13.5. The van der Waals surface area contributed by atoms with Gasteiger partial charge in [0.25, 0.3) is 5.91 Å². The average molecular weight is 413 g/mol. The molecule has 0 fully saturated rings. The van der Waals surface area contributed by atoms with Crippen molar-refractivity contribution in [1.29, 1.82) is 0 Å². The summed E-state index contributed by atoms with van der Waals surface area (Å²) in [4.78, 5) is 17.0. The lowest BCUT2D eigenvalue weighted by atomic mass is 10.1. The molecule has 0 bridgehead atoms. The van der Waals surface area contributed by atoms with Gasteiger partial charge in [0.15, 0.2) is 5.58 Å². The first-order valence-corrected chi connectivity index (χ1v) is 9.11. The first kappa shape index (κ1) is 18.3. The topological polar surface area (TPSA) is 64.4 Å². The van der Waals surface area contributed by atoms with Gasteiger partial charge in [0, 0.05) is 10.7 Å². The third-order valence-corrected chi connectivity index (χ3v) is 4.71. The summed E-state index contributed by atoms with van der Waals surface area (Å²) in [6.45, 7) is 0. The smallest absolute Gasteiger partial charge is 0.259 e. The Morgan fingerprint density at radius 2 is 1.89 bits per heavy atom. The van der Waals surface area contributed by atoms with Crippen LogP contribution in [0.5, 0.6) is 5.75 Å². The Labute approximate surface area is 170 Å². The standard InChI is InChI=1S/C21H14Cl2N2O3/c1-27-18-5-3-2-4-15(18)20(26)24-13-7-8-14(16(23)11-13)21-25-17-10-12(22)6-9-19(17)28-21/h2-11H,1H3,(H,24,26). The second kappa shape index (κ2) is 7.54. The molecule has 4 rings (SSSR count). The van der Waals surface area contributed by atoms with Gasteiger partial charge in [0.2, 0.25) is 5.89 Å². The first-order valence-electron chi connectivity index (χ1n) is 8.35. The van der Waals surface area contributed by atoms with Crippen molar-refractivity contribution >= 4 is 45.9 Å². The van der Waals surface area contributed by atoms with E-state index in [0.717, 1.165) is 0 Å². The van der Waals surface area contributed by atoms with Crippen LogP contribution in [0.3, 0.4) is 0 Å². The molecule has 0 atom stereocenters. The van der Waals surface area contributed by atoms with Crippen LogP contribution in [0.25, 0.3) is 22.6 Å². The number of amides is 1. The Morgan fingerprint density at radius 1 is 1.07 bits per heavy atom. The largest absolute Gasteiger partial charge is 0.496 e. The van der Waals surface area contributed by atoms with Gasteiger partial charge in [0.1, 0.15) is 11.3 Å². The third kappa shape index (κ3) is 3.54. The number of ether oxygens (including phenoxy) is 1. The molecular formula is C21H14Cl2N2O3. The lowest BCUT2D eigenvalue weighted by Gasteiger charge is -2.10. The molecule has 1 aromatic heterocycles. The quantitative estimate of drug-likeness (QED) is 0.442. The van der Waals surface area contributed by atoms with Crippen molar-refractivity contribution < 1.29 is 13.9 Å². The molecule has 0 saturated heterocycles. The van der Waals surface area contributed by atoms with Crippen LogP contribution in [-0.2, 0) is 0 Å². The van der Waals surface area contributed by atoms with Gasteiger partial charge in [-0.3, -0.25) is 4.79 Å². The van der Waals surface area contributed by atoms with E-state index in [9.17, 15) is 4.79 Å². The molecule has 1 amide bonds. The molecule has 1 N–H and O–H groups in total. The van der Waals surface area contributed by atoms with Gasteiger partial charge in [-0.1, -0.05) is 35.3 Å². The van der Waals surface area contributed by atoms with Crippen molar-refractivity contribution in [3.8, 4) is 17.2 Å². The molecule has 7 heteroatoms. The summed E-state index contributed by atoms with van der Waals surface area (Å²) in [7, 11) is 1.52. The van der Waals surface area contributed by atoms with Crippen molar-refractivity contribution in [2.75, 3.05) is 12.4 Å². The molecule has 4 aromatic rings. The summed E-state index contributed by atoms with van der Waals surface area (Å²) in [6, 6.07) is 17.3. The number of anilines is 1. The van der Waals surface area contributed by atoms with Gasteiger partial charge in [-0.05, 0) is 48.5 Å². The van der Waals surface area contributed by atoms with Crippen LogP contribution >= 0.6 is 23.2 Å². The Morgan fingerprint density at radius 3 is 2.68 bits per heavy atom. The molecule has 140 valence electrons. The lowest BCUT2D eigenvalue weighted by molar-refractivity contribution is 0.102. The van der Waals surface area contributed by atoms with Gasteiger partial charge in [-0.2, -0.15) is 0 Å². The van der Waals surface area contributed by atoms with Crippen LogP contribution in [0, 0.1) is 0 Å². The summed E-state index contributed by atoms with van der Waals surface area (Å²) in [5.41, 5.74) is 2.85. The van der Waals surface area contributed by atoms with E-state index in [1.165, 1.54) is 7.11 Å². The lowest BCUT2D eigenvalue weighted by Crippen LogP contribution is -2.13. The number of rotatable bonds is 4. The number of hydrogen-bond donors (Lipinski definition) is 1. The number of aromatic nitrogens is 1. The van der Waals surface area contributed by atoms with E-state index in [4.69, 9.17) is 32.4 Å². The molecule has 28 heavy (non-hydrogen) atoms. The summed E-state index contributed by atoms with van der Waals surface area (Å²) < 4.78 is 11.0. The van der Waals surface area contributed by atoms with Crippen molar-refractivity contribution in [3.63, 3.8) is 0 Å². The van der Waals surface area contributed by atoms with Gasteiger partial charge < -0.3 is 14.5 Å². The summed E-state index contributed by atoms with van der Waals surface area (Å²) in [5, 5.41) is 3.79. The normalized spacial score (nSPS) is 10.8. The van der Waals surface area contributed by atoms with Crippen LogP contribution in [0.2, 0.25) is 10.0 Å². The molecule has 1 heterocycles. The second-order valence-electron chi connectivity index (χ2n) is 5.98. The molecule has 3 aromatic carbocycles. The Hall–Kier alpha value is -3.02. The van der Waals surface area contributed by atoms with Crippen LogP contribution in [0.15, 0.2) is 65.1 Å². The highest BCUT2D eigenvalue weighted by atomic mass is 35.5. The molecule has 0 spiro atoms. The van der Waals surface area contributed by atoms with Crippen molar-refractivity contribution in [2.45, 2.75) is 0 Å². The fourth-order valence-electron chi connectivity index (χ4n) is 2.81. The molecular weight excluding hydrogens is 399 g/mol. The summed E-state index contributed by atoms with van der Waals surface area (Å²) in [5.74, 6) is 0.579. The number of hydrogen-bond acceptors (Lipinski definition) is 4. The van der Waals surface area contributed by atoms with E-state index in [1.807, 2.05) is 0 Å². The zero-order valence-corrected chi connectivity index (χ0v) is 16.2. The van der Waals surface area contributed by atoms with Crippen molar-refractivity contribution in [3.05, 3.63) is 76.3 Å². The van der Waals surface area contributed by atoms with Gasteiger partial charge >= 0.3 is 0 Å². The molecule has 0 aliphatic heterocycles. The number of oxazole rings is 1. The summed E-state index contributed by atoms with van der Waals surface area (Å²) in [6.07, 6.45) is 0. The van der Waals surface area contributed by atoms with E-state index < -0.39 is 0 Å². The molecule has 0 radical (unpaired) electrons. The predicted octanol–water partition coefficient (Wildman–Crippen LogP) is 6.06. The molecule has 0 saturated carbocycles. The van der Waals surface area contributed by atoms with E-state index in [1.54, 1.807) is 60.7 Å². The SMILES string of the molecule is COc1ccccc1C(=O)Nc1ccc(-c2nc3cc(Cl)ccc3o2)c(Cl)c1. The predicted molar refractivity (Wildman–Crippen MR) is 110 cm³/mol. The van der Waals surface area contributed by atoms with Gasteiger partial charge in [0.05, 0.1) is 23.3 Å². The van der Waals surface area contributed by atoms with Crippen molar-refractivity contribution in [2.24, 2.45) is 0 Å². The maximum Gasteiger partial charge on any atom is 0.259 e. The fraction of sp³-hybridized carbons (Fsp3) is 0.0476. The number of methoxy groups -OCH3 is 1. The number of benzene rings is 3. The van der Waals surface area contributed by atoms with Crippen LogP contribution in [-0.4, -0.2) is 18.0 Å². The number of carbonyl (C=O) groups excluding carboxylic acids is 1.